The first-order chi connectivity index (χ1) is 23.1. The second kappa shape index (κ2) is 15.6. The van der Waals surface area contributed by atoms with Gasteiger partial charge in [-0.15, -0.1) is 0 Å². The number of nitrogens with zero attached hydrogens (tertiary/aromatic N) is 2. The number of benzene rings is 4. The van der Waals surface area contributed by atoms with Crippen molar-refractivity contribution in [3.05, 3.63) is 142 Å². The molecule has 2 unspecified atom stereocenters. The molecule has 3 heteroatoms. The fourth-order valence-corrected chi connectivity index (χ4v) is 7.99. The number of hydrogen-bond donors (Lipinski definition) is 0. The van der Waals surface area contributed by atoms with Crippen molar-refractivity contribution >= 4 is 0 Å². The van der Waals surface area contributed by atoms with Gasteiger partial charge >= 0.3 is 0 Å². The van der Waals surface area contributed by atoms with E-state index >= 15 is 0 Å². The molecule has 6 rings (SSSR count). The maximum atomic E-state index is 9.49. The normalized spacial score (nSPS) is 22.5. The van der Waals surface area contributed by atoms with Gasteiger partial charge in [0.1, 0.15) is 12.2 Å². The lowest BCUT2D eigenvalue weighted by Gasteiger charge is -2.30. The van der Waals surface area contributed by atoms with Gasteiger partial charge in [0.05, 0.1) is 23.3 Å². The predicted octanol–water partition coefficient (Wildman–Crippen LogP) is 11.7. The van der Waals surface area contributed by atoms with Crippen LogP contribution in [0.15, 0.2) is 97.1 Å². The number of ether oxygens (including phenoxy) is 1. The molecule has 3 nitrogen and oxygen atoms in total. The van der Waals surface area contributed by atoms with E-state index in [9.17, 15) is 10.5 Å². The minimum Gasteiger partial charge on any atom is -0.356 e. The Balaban J connectivity index is 1.32. The van der Waals surface area contributed by atoms with Gasteiger partial charge in [-0.2, -0.15) is 10.5 Å². The third kappa shape index (κ3) is 7.87. The molecule has 2 aliphatic rings. The number of nitriles is 2. The Morgan fingerprint density at radius 1 is 0.489 bits per heavy atom. The number of rotatable bonds is 10. The first kappa shape index (κ1) is 32.7. The molecule has 0 heterocycles. The van der Waals surface area contributed by atoms with E-state index in [1.807, 2.05) is 48.5 Å². The summed E-state index contributed by atoms with van der Waals surface area (Å²) in [5, 5.41) is 19.0. The molecule has 0 N–H and O–H groups in total. The summed E-state index contributed by atoms with van der Waals surface area (Å²) in [6.45, 7) is 4.64. The van der Waals surface area contributed by atoms with E-state index in [-0.39, 0.29) is 12.2 Å². The summed E-state index contributed by atoms with van der Waals surface area (Å²) in [4.78, 5) is 0. The standard InChI is InChI=1S/C44H48N2O/c1-3-31-5-13-35(14-6-31)37-21-25-41(26-22-37)43(39-17-9-33(29-45)10-18-39)47-44(40-19-11-34(30-46)12-20-40)42-27-23-38(24-28-42)36-15-7-32(4-2)8-16-36/h9-12,17-28,31-32,35-36,43-44H,3-8,13-16H2,1-2H3/t31-,32-,35-,36-,43?,44?. The van der Waals surface area contributed by atoms with Crippen LogP contribution in [-0.4, -0.2) is 0 Å². The quantitative estimate of drug-likeness (QED) is 0.177. The zero-order valence-electron chi connectivity index (χ0n) is 28.1. The Hall–Kier alpha value is -4.18. The second-order valence-corrected chi connectivity index (χ2v) is 13.9. The Labute approximate surface area is 282 Å². The first-order valence-electron chi connectivity index (χ1n) is 17.9. The monoisotopic (exact) mass is 620 g/mol. The number of hydrogen-bond acceptors (Lipinski definition) is 3. The lowest BCUT2D eigenvalue weighted by molar-refractivity contribution is 0.0308. The summed E-state index contributed by atoms with van der Waals surface area (Å²) in [6.07, 6.45) is 12.3. The van der Waals surface area contributed by atoms with Crippen molar-refractivity contribution in [2.24, 2.45) is 11.8 Å². The van der Waals surface area contributed by atoms with Crippen molar-refractivity contribution < 1.29 is 4.74 Å². The Morgan fingerprint density at radius 2 is 0.787 bits per heavy atom. The SMILES string of the molecule is CC[C@H]1CC[C@H](c2ccc(C(OC(c3ccc(C#N)cc3)c3ccc([C@H]4CC[C@H](CC)CC4)cc3)c3ccc(C#N)cc3)cc2)CC1. The Kier molecular flexibility index (Phi) is 10.9. The van der Waals surface area contributed by atoms with Crippen LogP contribution in [0.1, 0.15) is 147 Å². The van der Waals surface area contributed by atoms with Gasteiger partial charge in [0.15, 0.2) is 0 Å². The summed E-state index contributed by atoms with van der Waals surface area (Å²) in [5.74, 6) is 3.01. The summed E-state index contributed by atoms with van der Waals surface area (Å²) in [7, 11) is 0. The van der Waals surface area contributed by atoms with Crippen LogP contribution in [0.5, 0.6) is 0 Å². The van der Waals surface area contributed by atoms with Gasteiger partial charge in [-0.3, -0.25) is 0 Å². The first-order valence-corrected chi connectivity index (χ1v) is 17.9. The summed E-state index contributed by atoms with van der Waals surface area (Å²) in [6, 6.07) is 38.4. The molecule has 2 fully saturated rings. The molecular formula is C44H48N2O. The van der Waals surface area contributed by atoms with Crippen LogP contribution in [0.4, 0.5) is 0 Å². The Bertz CT molecular complexity index is 1520. The minimum absolute atomic E-state index is 0.336. The molecule has 4 aromatic rings. The highest BCUT2D eigenvalue weighted by molar-refractivity contribution is 5.41. The van der Waals surface area contributed by atoms with Crippen LogP contribution >= 0.6 is 0 Å². The fraction of sp³-hybridized carbons (Fsp3) is 0.409. The molecule has 2 saturated carbocycles. The smallest absolute Gasteiger partial charge is 0.109 e. The largest absolute Gasteiger partial charge is 0.356 e. The maximum Gasteiger partial charge on any atom is 0.109 e. The lowest BCUT2D eigenvalue weighted by atomic mass is 9.77. The topological polar surface area (TPSA) is 56.8 Å². The molecule has 2 atom stereocenters. The van der Waals surface area contributed by atoms with E-state index in [0.717, 1.165) is 34.1 Å². The van der Waals surface area contributed by atoms with Crippen molar-refractivity contribution in [3.8, 4) is 12.1 Å². The Morgan fingerprint density at radius 3 is 1.06 bits per heavy atom. The van der Waals surface area contributed by atoms with Gasteiger partial charge in [-0.05, 0) is 133 Å². The van der Waals surface area contributed by atoms with E-state index in [2.05, 4.69) is 74.5 Å². The highest BCUT2D eigenvalue weighted by atomic mass is 16.5. The summed E-state index contributed by atoms with van der Waals surface area (Å²) >= 11 is 0. The van der Waals surface area contributed by atoms with Crippen molar-refractivity contribution in [2.75, 3.05) is 0 Å². The fourth-order valence-electron chi connectivity index (χ4n) is 7.99. The van der Waals surface area contributed by atoms with E-state index < -0.39 is 0 Å². The molecule has 0 radical (unpaired) electrons. The van der Waals surface area contributed by atoms with Crippen LogP contribution < -0.4 is 0 Å². The van der Waals surface area contributed by atoms with Crippen molar-refractivity contribution in [2.45, 2.75) is 102 Å². The van der Waals surface area contributed by atoms with Gasteiger partial charge in [-0.1, -0.05) is 99.5 Å². The van der Waals surface area contributed by atoms with E-state index in [1.54, 1.807) is 0 Å². The molecule has 0 spiro atoms. The molecule has 0 aromatic heterocycles. The highest BCUT2D eigenvalue weighted by Crippen LogP contribution is 2.41. The van der Waals surface area contributed by atoms with Crippen molar-refractivity contribution in [3.63, 3.8) is 0 Å². The molecule has 0 bridgehead atoms. The van der Waals surface area contributed by atoms with E-state index in [0.29, 0.717) is 23.0 Å². The predicted molar refractivity (Wildman–Crippen MR) is 190 cm³/mol. The average Bonchev–Trinajstić information content (AvgIpc) is 3.16. The van der Waals surface area contributed by atoms with Gasteiger partial charge in [0.2, 0.25) is 0 Å². The van der Waals surface area contributed by atoms with Crippen LogP contribution in [0.3, 0.4) is 0 Å². The van der Waals surface area contributed by atoms with Gasteiger partial charge < -0.3 is 4.74 Å². The minimum atomic E-state index is -0.336. The van der Waals surface area contributed by atoms with Gasteiger partial charge in [0.25, 0.3) is 0 Å². The molecule has 0 aliphatic heterocycles. The summed E-state index contributed by atoms with van der Waals surface area (Å²) in [5.41, 5.74) is 8.36. The third-order valence-corrected chi connectivity index (χ3v) is 11.2. The third-order valence-electron chi connectivity index (χ3n) is 11.2. The zero-order chi connectivity index (χ0) is 32.6. The van der Waals surface area contributed by atoms with Crippen LogP contribution in [0, 0.1) is 34.5 Å². The molecule has 4 aromatic carbocycles. The second-order valence-electron chi connectivity index (χ2n) is 13.9. The molecule has 0 amide bonds. The molecule has 0 saturated heterocycles. The van der Waals surface area contributed by atoms with Crippen LogP contribution in [-0.2, 0) is 4.74 Å². The molecule has 47 heavy (non-hydrogen) atoms. The van der Waals surface area contributed by atoms with Crippen molar-refractivity contribution in [1.82, 2.24) is 0 Å². The van der Waals surface area contributed by atoms with Crippen molar-refractivity contribution in [1.29, 1.82) is 10.5 Å². The average molecular weight is 621 g/mol. The van der Waals surface area contributed by atoms with Gasteiger partial charge in [0, 0.05) is 0 Å². The highest BCUT2D eigenvalue weighted by Gasteiger charge is 2.26. The molecule has 240 valence electrons. The van der Waals surface area contributed by atoms with Crippen LogP contribution in [0.2, 0.25) is 0 Å². The lowest BCUT2D eigenvalue weighted by Crippen LogP contribution is -2.15. The van der Waals surface area contributed by atoms with Crippen LogP contribution in [0.25, 0.3) is 0 Å². The maximum absolute atomic E-state index is 9.49. The van der Waals surface area contributed by atoms with E-state index in [4.69, 9.17) is 4.74 Å². The summed E-state index contributed by atoms with van der Waals surface area (Å²) < 4.78 is 7.20. The van der Waals surface area contributed by atoms with Gasteiger partial charge in [-0.25, -0.2) is 0 Å². The zero-order valence-corrected chi connectivity index (χ0v) is 28.1. The molecule has 2 aliphatic carbocycles. The molecular weight excluding hydrogens is 572 g/mol. The van der Waals surface area contributed by atoms with E-state index in [1.165, 1.54) is 75.3 Å².